The van der Waals surface area contributed by atoms with Crippen LogP contribution in [0.4, 0.5) is 8.78 Å². The smallest absolute Gasteiger partial charge is 0.159 e. The summed E-state index contributed by atoms with van der Waals surface area (Å²) in [6, 6.07) is 12.4. The SMILES string of the molecule is CS(=O)(=O)CC(NCc1ccc(F)c(F)c1)c1ccccc1. The third kappa shape index (κ3) is 4.89. The van der Waals surface area contributed by atoms with Crippen molar-refractivity contribution in [1.82, 2.24) is 5.32 Å². The highest BCUT2D eigenvalue weighted by molar-refractivity contribution is 7.90. The molecule has 0 heterocycles. The molecule has 118 valence electrons. The Kier molecular flexibility index (Phi) is 5.26. The molecule has 1 N–H and O–H groups in total. The fraction of sp³-hybridized carbons (Fsp3) is 0.250. The van der Waals surface area contributed by atoms with E-state index < -0.39 is 27.5 Å². The van der Waals surface area contributed by atoms with E-state index in [0.29, 0.717) is 5.56 Å². The average molecular weight is 325 g/mol. The van der Waals surface area contributed by atoms with E-state index >= 15 is 0 Å². The van der Waals surface area contributed by atoms with E-state index in [1.807, 2.05) is 30.3 Å². The first-order chi connectivity index (χ1) is 10.3. The maximum atomic E-state index is 13.2. The van der Waals surface area contributed by atoms with Crippen molar-refractivity contribution in [3.05, 3.63) is 71.3 Å². The number of hydrogen-bond donors (Lipinski definition) is 1. The molecule has 0 saturated heterocycles. The van der Waals surface area contributed by atoms with Crippen LogP contribution < -0.4 is 5.32 Å². The van der Waals surface area contributed by atoms with Crippen molar-refractivity contribution >= 4 is 9.84 Å². The summed E-state index contributed by atoms with van der Waals surface area (Å²) in [5.74, 6) is -1.89. The molecule has 0 aliphatic carbocycles. The average Bonchev–Trinajstić information content (AvgIpc) is 2.47. The van der Waals surface area contributed by atoms with Crippen LogP contribution in [-0.2, 0) is 16.4 Å². The second kappa shape index (κ2) is 6.98. The Morgan fingerprint density at radius 2 is 1.73 bits per heavy atom. The molecular formula is C16H17F2NO2S. The van der Waals surface area contributed by atoms with E-state index in [9.17, 15) is 17.2 Å². The topological polar surface area (TPSA) is 46.2 Å². The van der Waals surface area contributed by atoms with E-state index in [0.717, 1.165) is 17.7 Å². The second-order valence-electron chi connectivity index (χ2n) is 5.19. The van der Waals surface area contributed by atoms with Gasteiger partial charge in [0.2, 0.25) is 0 Å². The minimum atomic E-state index is -3.19. The van der Waals surface area contributed by atoms with E-state index in [1.165, 1.54) is 12.3 Å². The molecule has 1 atom stereocenters. The molecule has 0 spiro atoms. The zero-order valence-corrected chi connectivity index (χ0v) is 12.9. The molecule has 2 aromatic rings. The molecule has 0 bridgehead atoms. The summed E-state index contributed by atoms with van der Waals surface area (Å²) in [5.41, 5.74) is 1.38. The number of hydrogen-bond acceptors (Lipinski definition) is 3. The summed E-state index contributed by atoms with van der Waals surface area (Å²) in [6.07, 6.45) is 1.17. The van der Waals surface area contributed by atoms with Crippen LogP contribution in [-0.4, -0.2) is 20.4 Å². The van der Waals surface area contributed by atoms with Gasteiger partial charge in [-0.25, -0.2) is 17.2 Å². The van der Waals surface area contributed by atoms with Crippen molar-refractivity contribution in [3.63, 3.8) is 0 Å². The van der Waals surface area contributed by atoms with Crippen LogP contribution in [0.5, 0.6) is 0 Å². The fourth-order valence-corrected chi connectivity index (χ4v) is 3.07. The lowest BCUT2D eigenvalue weighted by atomic mass is 10.1. The van der Waals surface area contributed by atoms with Crippen LogP contribution in [0, 0.1) is 11.6 Å². The maximum absolute atomic E-state index is 13.2. The van der Waals surface area contributed by atoms with Crippen LogP contribution in [0.2, 0.25) is 0 Å². The highest BCUT2D eigenvalue weighted by atomic mass is 32.2. The lowest BCUT2D eigenvalue weighted by molar-refractivity contribution is 0.503. The number of benzene rings is 2. The molecule has 22 heavy (non-hydrogen) atoms. The molecule has 6 heteroatoms. The lowest BCUT2D eigenvalue weighted by Crippen LogP contribution is -2.27. The van der Waals surface area contributed by atoms with Gasteiger partial charge in [-0.1, -0.05) is 36.4 Å². The normalized spacial score (nSPS) is 13.0. The van der Waals surface area contributed by atoms with Gasteiger partial charge in [0.05, 0.1) is 5.75 Å². The molecule has 0 aromatic heterocycles. The Labute approximate surface area is 128 Å². The highest BCUT2D eigenvalue weighted by Crippen LogP contribution is 2.16. The third-order valence-corrected chi connectivity index (χ3v) is 4.15. The van der Waals surface area contributed by atoms with E-state index in [-0.39, 0.29) is 12.3 Å². The summed E-state index contributed by atoms with van der Waals surface area (Å²) in [6.45, 7) is 0.242. The molecule has 0 aliphatic rings. The van der Waals surface area contributed by atoms with Crippen LogP contribution in [0.25, 0.3) is 0 Å². The van der Waals surface area contributed by atoms with Crippen molar-refractivity contribution < 1.29 is 17.2 Å². The van der Waals surface area contributed by atoms with Gasteiger partial charge in [0.15, 0.2) is 11.6 Å². The van der Waals surface area contributed by atoms with Gasteiger partial charge in [-0.05, 0) is 23.3 Å². The van der Waals surface area contributed by atoms with E-state index in [4.69, 9.17) is 0 Å². The molecule has 3 nitrogen and oxygen atoms in total. The van der Waals surface area contributed by atoms with Crippen LogP contribution >= 0.6 is 0 Å². The Bertz CT molecular complexity index is 733. The summed E-state index contributed by atoms with van der Waals surface area (Å²) >= 11 is 0. The standard InChI is InChI=1S/C16H17F2NO2S/c1-22(20,21)11-16(13-5-3-2-4-6-13)19-10-12-7-8-14(17)15(18)9-12/h2-9,16,19H,10-11H2,1H3. The summed E-state index contributed by atoms with van der Waals surface area (Å²) in [7, 11) is -3.19. The van der Waals surface area contributed by atoms with Gasteiger partial charge < -0.3 is 5.32 Å². The van der Waals surface area contributed by atoms with Gasteiger partial charge in [-0.15, -0.1) is 0 Å². The quantitative estimate of drug-likeness (QED) is 0.888. The number of sulfone groups is 1. The minimum absolute atomic E-state index is 0.0688. The molecule has 2 rings (SSSR count). The largest absolute Gasteiger partial charge is 0.305 e. The fourth-order valence-electron chi connectivity index (χ4n) is 2.15. The monoisotopic (exact) mass is 325 g/mol. The van der Waals surface area contributed by atoms with Crippen molar-refractivity contribution in [1.29, 1.82) is 0 Å². The molecule has 0 aliphatic heterocycles. The number of nitrogens with one attached hydrogen (secondary N) is 1. The predicted octanol–water partition coefficient (Wildman–Crippen LogP) is 2.84. The number of halogens is 2. The Morgan fingerprint density at radius 1 is 1.05 bits per heavy atom. The van der Waals surface area contributed by atoms with Crippen LogP contribution in [0.1, 0.15) is 17.2 Å². The summed E-state index contributed by atoms with van der Waals surface area (Å²) in [5, 5.41) is 3.09. The highest BCUT2D eigenvalue weighted by Gasteiger charge is 2.17. The lowest BCUT2D eigenvalue weighted by Gasteiger charge is -2.18. The minimum Gasteiger partial charge on any atom is -0.305 e. The molecule has 0 radical (unpaired) electrons. The molecule has 2 aromatic carbocycles. The first kappa shape index (κ1) is 16.6. The third-order valence-electron chi connectivity index (χ3n) is 3.21. The van der Waals surface area contributed by atoms with Gasteiger partial charge in [-0.3, -0.25) is 0 Å². The van der Waals surface area contributed by atoms with Crippen molar-refractivity contribution in [2.45, 2.75) is 12.6 Å². The van der Waals surface area contributed by atoms with E-state index in [2.05, 4.69) is 5.32 Å². The van der Waals surface area contributed by atoms with Gasteiger partial charge in [-0.2, -0.15) is 0 Å². The first-order valence-corrected chi connectivity index (χ1v) is 8.81. The van der Waals surface area contributed by atoms with Crippen molar-refractivity contribution in [2.75, 3.05) is 12.0 Å². The summed E-state index contributed by atoms with van der Waals surface area (Å²) < 4.78 is 49.3. The predicted molar refractivity (Wildman–Crippen MR) is 82.1 cm³/mol. The van der Waals surface area contributed by atoms with Crippen LogP contribution in [0.15, 0.2) is 48.5 Å². The molecule has 0 fully saturated rings. The molecule has 1 unspecified atom stereocenters. The molecule has 0 saturated carbocycles. The Balaban J connectivity index is 2.14. The van der Waals surface area contributed by atoms with Crippen molar-refractivity contribution in [3.8, 4) is 0 Å². The Morgan fingerprint density at radius 3 is 2.32 bits per heavy atom. The van der Waals surface area contributed by atoms with Gasteiger partial charge in [0, 0.05) is 18.8 Å². The van der Waals surface area contributed by atoms with Crippen molar-refractivity contribution in [2.24, 2.45) is 0 Å². The first-order valence-electron chi connectivity index (χ1n) is 6.75. The van der Waals surface area contributed by atoms with Gasteiger partial charge >= 0.3 is 0 Å². The Hall–Kier alpha value is -1.79. The number of rotatable bonds is 6. The molecular weight excluding hydrogens is 308 g/mol. The molecule has 0 amide bonds. The zero-order valence-electron chi connectivity index (χ0n) is 12.1. The second-order valence-corrected chi connectivity index (χ2v) is 7.37. The van der Waals surface area contributed by atoms with E-state index in [1.54, 1.807) is 0 Å². The van der Waals surface area contributed by atoms with Crippen LogP contribution in [0.3, 0.4) is 0 Å². The van der Waals surface area contributed by atoms with Gasteiger partial charge in [0.25, 0.3) is 0 Å². The summed E-state index contributed by atoms with van der Waals surface area (Å²) in [4.78, 5) is 0. The maximum Gasteiger partial charge on any atom is 0.159 e. The van der Waals surface area contributed by atoms with Gasteiger partial charge in [0.1, 0.15) is 9.84 Å². The zero-order chi connectivity index (χ0) is 16.2.